The molecule has 1 aliphatic carbocycles. The van der Waals surface area contributed by atoms with Gasteiger partial charge in [0.2, 0.25) is 0 Å². The van der Waals surface area contributed by atoms with Gasteiger partial charge >= 0.3 is 11.9 Å². The minimum absolute atomic E-state index is 0.0220. The van der Waals surface area contributed by atoms with Crippen molar-refractivity contribution in [3.63, 3.8) is 0 Å². The summed E-state index contributed by atoms with van der Waals surface area (Å²) >= 11 is 0. The molecule has 2 aliphatic heterocycles. The van der Waals surface area contributed by atoms with Crippen LogP contribution < -0.4 is 21.3 Å². The van der Waals surface area contributed by atoms with Crippen LogP contribution in [0.1, 0.15) is 120 Å². The number of carbonyl (C=O) groups is 2. The lowest BCUT2D eigenvalue weighted by atomic mass is 9.72. The van der Waals surface area contributed by atoms with Crippen molar-refractivity contribution in [2.45, 2.75) is 132 Å². The van der Waals surface area contributed by atoms with Crippen LogP contribution in [0.25, 0.3) is 0 Å². The Bertz CT molecular complexity index is 623. The van der Waals surface area contributed by atoms with E-state index >= 15 is 0 Å². The minimum atomic E-state index is -0.245. The van der Waals surface area contributed by atoms with Crippen molar-refractivity contribution < 1.29 is 19.1 Å². The number of piperidine rings is 2. The summed E-state index contributed by atoms with van der Waals surface area (Å²) in [6, 6.07) is 0.747. The number of ether oxygens (including phenoxy) is 2. The third-order valence-electron chi connectivity index (χ3n) is 8.17. The summed E-state index contributed by atoms with van der Waals surface area (Å²) in [6.45, 7) is 24.3. The zero-order valence-corrected chi connectivity index (χ0v) is 29.6. The first kappa shape index (κ1) is 42.9. The summed E-state index contributed by atoms with van der Waals surface area (Å²) in [4.78, 5) is 20.0. The smallest absolute Gasteiger partial charge is 0.304 e. The first-order valence-corrected chi connectivity index (χ1v) is 17.1. The zero-order chi connectivity index (χ0) is 32.3. The lowest BCUT2D eigenvalue weighted by molar-refractivity contribution is -0.149. The van der Waals surface area contributed by atoms with Gasteiger partial charge in [-0.3, -0.25) is 14.9 Å². The fourth-order valence-electron chi connectivity index (χ4n) is 5.45. The second kappa shape index (κ2) is 28.5. The highest BCUT2D eigenvalue weighted by molar-refractivity contribution is 5.66. The lowest BCUT2D eigenvalue weighted by Crippen LogP contribution is -2.43. The standard InChI is InChI=1S/C16H34N2.C7H13NO2.C6H13N.C3H6O2.C2H6/c1-6-14(11-17-5)15-8-7-13(4)16(9-15)18-10-12(2)3;1-6(9)10-7-4-2-3-5-8-7;1-6-2-4-7-5-3-6;1-3(4)5-2;1-2/h12-18H,6-11H2,1-5H3;7-8H,2-5H2,1H3;6-7H,2-5H2,1H3;1-2H3;1-2H3. The van der Waals surface area contributed by atoms with Gasteiger partial charge in [0.05, 0.1) is 7.11 Å². The number of hydrogen-bond donors (Lipinski definition) is 4. The van der Waals surface area contributed by atoms with Crippen LogP contribution in [-0.2, 0) is 19.1 Å². The molecule has 0 bridgehead atoms. The van der Waals surface area contributed by atoms with Gasteiger partial charge in [0.15, 0.2) is 6.23 Å². The largest absolute Gasteiger partial charge is 0.469 e. The Labute approximate surface area is 261 Å². The van der Waals surface area contributed by atoms with Crippen LogP contribution in [0.2, 0.25) is 0 Å². The van der Waals surface area contributed by atoms with Crippen molar-refractivity contribution in [2.24, 2.45) is 29.6 Å². The van der Waals surface area contributed by atoms with E-state index in [1.165, 1.54) is 92.1 Å². The molecule has 3 aliphatic rings. The van der Waals surface area contributed by atoms with Crippen molar-refractivity contribution >= 4 is 11.9 Å². The van der Waals surface area contributed by atoms with Crippen LogP contribution in [-0.4, -0.2) is 71.1 Å². The molecule has 1 saturated carbocycles. The molecule has 2 heterocycles. The molecule has 3 rings (SSSR count). The molecule has 0 aromatic heterocycles. The second-order valence-electron chi connectivity index (χ2n) is 12.4. The highest BCUT2D eigenvalue weighted by Crippen LogP contribution is 2.34. The summed E-state index contributed by atoms with van der Waals surface area (Å²) in [5.41, 5.74) is 0. The van der Waals surface area contributed by atoms with E-state index in [0.29, 0.717) is 0 Å². The van der Waals surface area contributed by atoms with Crippen molar-refractivity contribution in [2.75, 3.05) is 46.9 Å². The number of carbonyl (C=O) groups excluding carboxylic acids is 2. The van der Waals surface area contributed by atoms with E-state index in [4.69, 9.17) is 4.74 Å². The maximum absolute atomic E-state index is 10.4. The van der Waals surface area contributed by atoms with E-state index in [-0.39, 0.29) is 18.2 Å². The molecular weight excluding hydrogens is 528 g/mol. The van der Waals surface area contributed by atoms with E-state index in [9.17, 15) is 9.59 Å². The van der Waals surface area contributed by atoms with Gasteiger partial charge < -0.3 is 25.4 Å². The van der Waals surface area contributed by atoms with Crippen LogP contribution in [0.5, 0.6) is 0 Å². The third-order valence-corrected chi connectivity index (χ3v) is 8.17. The Morgan fingerprint density at radius 1 is 0.905 bits per heavy atom. The van der Waals surface area contributed by atoms with Crippen LogP contribution in [0.3, 0.4) is 0 Å². The maximum Gasteiger partial charge on any atom is 0.304 e. The fourth-order valence-corrected chi connectivity index (χ4v) is 5.45. The van der Waals surface area contributed by atoms with Crippen LogP contribution in [0, 0.1) is 29.6 Å². The highest BCUT2D eigenvalue weighted by atomic mass is 16.6. The molecule has 8 heteroatoms. The quantitative estimate of drug-likeness (QED) is 0.247. The number of nitrogens with one attached hydrogen (secondary N) is 4. The predicted octanol–water partition coefficient (Wildman–Crippen LogP) is 6.14. The Morgan fingerprint density at radius 2 is 1.52 bits per heavy atom. The first-order chi connectivity index (χ1) is 20.0. The molecule has 252 valence electrons. The molecule has 0 aromatic rings. The molecular formula is C34H72N4O4. The Hall–Kier alpha value is -1.22. The molecule has 5 unspecified atom stereocenters. The van der Waals surface area contributed by atoms with Gasteiger partial charge in [-0.05, 0) is 121 Å². The normalized spacial score (nSPS) is 24.5. The van der Waals surface area contributed by atoms with E-state index in [1.54, 1.807) is 0 Å². The zero-order valence-electron chi connectivity index (χ0n) is 29.6. The summed E-state index contributed by atoms with van der Waals surface area (Å²) in [7, 11) is 3.44. The van der Waals surface area contributed by atoms with Crippen LogP contribution in [0.15, 0.2) is 0 Å². The van der Waals surface area contributed by atoms with E-state index < -0.39 is 0 Å². The molecule has 5 atom stereocenters. The molecule has 8 nitrogen and oxygen atoms in total. The summed E-state index contributed by atoms with van der Waals surface area (Å²) in [6.07, 6.45) is 11.6. The van der Waals surface area contributed by atoms with Crippen molar-refractivity contribution in [3.05, 3.63) is 0 Å². The number of methoxy groups -OCH3 is 1. The SMILES string of the molecule is CC.CC(=O)OC1CCCCN1.CC1CCNCC1.CCC(CNC)C1CCC(C)C(NCC(C)C)C1.COC(C)=O. The molecule has 0 aromatic carbocycles. The monoisotopic (exact) mass is 601 g/mol. The van der Waals surface area contributed by atoms with Gasteiger partial charge in [0.25, 0.3) is 0 Å². The minimum Gasteiger partial charge on any atom is -0.469 e. The molecule has 3 fully saturated rings. The molecule has 42 heavy (non-hydrogen) atoms. The van der Waals surface area contributed by atoms with Crippen molar-refractivity contribution in [3.8, 4) is 0 Å². The predicted molar refractivity (Wildman–Crippen MR) is 179 cm³/mol. The molecule has 4 N–H and O–H groups in total. The summed E-state index contributed by atoms with van der Waals surface area (Å²) in [5.74, 6) is 3.93. The van der Waals surface area contributed by atoms with Gasteiger partial charge in [-0.25, -0.2) is 0 Å². The van der Waals surface area contributed by atoms with Gasteiger partial charge in [0, 0.05) is 19.9 Å². The van der Waals surface area contributed by atoms with Gasteiger partial charge in [0.1, 0.15) is 0 Å². The van der Waals surface area contributed by atoms with Gasteiger partial charge in [-0.2, -0.15) is 0 Å². The summed E-state index contributed by atoms with van der Waals surface area (Å²) < 4.78 is 9.05. The average Bonchev–Trinajstić information content (AvgIpc) is 2.98. The van der Waals surface area contributed by atoms with Crippen molar-refractivity contribution in [1.29, 1.82) is 0 Å². The highest BCUT2D eigenvalue weighted by Gasteiger charge is 2.31. The Morgan fingerprint density at radius 3 is 1.93 bits per heavy atom. The van der Waals surface area contributed by atoms with E-state index in [1.807, 2.05) is 13.8 Å². The molecule has 2 saturated heterocycles. The second-order valence-corrected chi connectivity index (χ2v) is 12.4. The first-order valence-electron chi connectivity index (χ1n) is 17.1. The Balaban J connectivity index is 0. The summed E-state index contributed by atoms with van der Waals surface area (Å²) in [5, 5.41) is 13.6. The number of hydrogen-bond acceptors (Lipinski definition) is 8. The van der Waals surface area contributed by atoms with Crippen LogP contribution >= 0.6 is 0 Å². The van der Waals surface area contributed by atoms with E-state index in [2.05, 4.69) is 67.7 Å². The molecule has 0 spiro atoms. The number of rotatable bonds is 8. The van der Waals surface area contributed by atoms with Crippen LogP contribution in [0.4, 0.5) is 0 Å². The van der Waals surface area contributed by atoms with E-state index in [0.717, 1.165) is 55.0 Å². The topological polar surface area (TPSA) is 101 Å². The fraction of sp³-hybridized carbons (Fsp3) is 0.941. The van der Waals surface area contributed by atoms with Gasteiger partial charge in [-0.1, -0.05) is 54.9 Å². The van der Waals surface area contributed by atoms with Crippen molar-refractivity contribution in [1.82, 2.24) is 21.3 Å². The average molecular weight is 601 g/mol. The molecule has 0 radical (unpaired) electrons. The maximum atomic E-state index is 10.4. The Kier molecular flexibility index (Phi) is 29.2. The van der Waals surface area contributed by atoms with Gasteiger partial charge in [-0.15, -0.1) is 0 Å². The molecule has 0 amide bonds. The lowest BCUT2D eigenvalue weighted by Gasteiger charge is -2.39. The number of esters is 2. The third kappa shape index (κ3) is 24.2.